The van der Waals surface area contributed by atoms with Crippen molar-refractivity contribution in [1.29, 1.82) is 0 Å². The quantitative estimate of drug-likeness (QED) is 0.547. The number of amides is 1. The number of anilines is 2. The molecule has 1 aromatic rings. The average Bonchev–Trinajstić information content (AvgIpc) is 2.42. The molecule has 112 valence electrons. The third-order valence-electron chi connectivity index (χ3n) is 2.94. The number of ether oxygens (including phenoxy) is 2. The number of hydrogen-bond donors (Lipinski definition) is 2. The Morgan fingerprint density at radius 1 is 1.15 bits per heavy atom. The van der Waals surface area contributed by atoms with E-state index in [1.165, 1.54) is 0 Å². The summed E-state index contributed by atoms with van der Waals surface area (Å²) in [5.74, 6) is -0.115. The Kier molecular flexibility index (Phi) is 6.83. The highest BCUT2D eigenvalue weighted by Gasteiger charge is 2.17. The highest BCUT2D eigenvalue weighted by molar-refractivity contribution is 5.99. The number of hydrogen-bond acceptors (Lipinski definition) is 5. The number of nitrogens with zero attached hydrogens (tertiary/aromatic N) is 1. The lowest BCUT2D eigenvalue weighted by Crippen LogP contribution is -2.35. The van der Waals surface area contributed by atoms with Gasteiger partial charge in [0.1, 0.15) is 0 Å². The maximum Gasteiger partial charge on any atom is 0.256 e. The Balaban J connectivity index is 2.79. The Labute approximate surface area is 119 Å². The third-order valence-corrected chi connectivity index (χ3v) is 2.94. The molecule has 6 heteroatoms. The molecule has 0 aliphatic carbocycles. The Morgan fingerprint density at radius 2 is 1.85 bits per heavy atom. The van der Waals surface area contributed by atoms with Gasteiger partial charge in [-0.15, -0.1) is 0 Å². The molecule has 0 spiro atoms. The molecular weight excluding hydrogens is 258 g/mol. The van der Waals surface area contributed by atoms with Crippen LogP contribution in [0.25, 0.3) is 0 Å². The number of methoxy groups -OCH3 is 2. The molecule has 0 saturated carbocycles. The summed E-state index contributed by atoms with van der Waals surface area (Å²) >= 11 is 0. The Morgan fingerprint density at radius 3 is 2.45 bits per heavy atom. The van der Waals surface area contributed by atoms with Gasteiger partial charge in [-0.2, -0.15) is 0 Å². The van der Waals surface area contributed by atoms with Crippen molar-refractivity contribution in [3.63, 3.8) is 0 Å². The van der Waals surface area contributed by atoms with Gasteiger partial charge in [0.25, 0.3) is 5.91 Å². The van der Waals surface area contributed by atoms with Crippen LogP contribution >= 0.6 is 0 Å². The van der Waals surface area contributed by atoms with E-state index in [9.17, 15) is 4.79 Å². The molecule has 0 heterocycles. The predicted octanol–water partition coefficient (Wildman–Crippen LogP) is 0.976. The van der Waals surface area contributed by atoms with Crippen molar-refractivity contribution < 1.29 is 14.3 Å². The number of nitrogen functional groups attached to an aromatic ring is 2. The van der Waals surface area contributed by atoms with Crippen LogP contribution in [0.4, 0.5) is 11.4 Å². The van der Waals surface area contributed by atoms with Gasteiger partial charge in [0, 0.05) is 45.3 Å². The number of benzene rings is 1. The monoisotopic (exact) mass is 281 g/mol. The van der Waals surface area contributed by atoms with E-state index in [2.05, 4.69) is 0 Å². The molecule has 0 saturated heterocycles. The summed E-state index contributed by atoms with van der Waals surface area (Å²) in [4.78, 5) is 14.2. The summed E-state index contributed by atoms with van der Waals surface area (Å²) in [6.07, 6.45) is 0.765. The van der Waals surface area contributed by atoms with Crippen molar-refractivity contribution in [3.8, 4) is 0 Å². The second kappa shape index (κ2) is 8.39. The van der Waals surface area contributed by atoms with E-state index < -0.39 is 0 Å². The first-order valence-corrected chi connectivity index (χ1v) is 6.52. The molecule has 0 aliphatic rings. The average molecular weight is 281 g/mol. The van der Waals surface area contributed by atoms with Crippen LogP contribution in [-0.4, -0.2) is 51.3 Å². The first kappa shape index (κ1) is 16.3. The highest BCUT2D eigenvalue weighted by atomic mass is 16.5. The molecule has 1 aromatic carbocycles. The van der Waals surface area contributed by atoms with E-state index in [-0.39, 0.29) is 5.91 Å². The van der Waals surface area contributed by atoms with Crippen molar-refractivity contribution in [2.75, 3.05) is 52.0 Å². The number of carbonyl (C=O) groups is 1. The van der Waals surface area contributed by atoms with E-state index in [4.69, 9.17) is 20.9 Å². The van der Waals surface area contributed by atoms with Crippen LogP contribution in [0.1, 0.15) is 16.8 Å². The zero-order valence-electron chi connectivity index (χ0n) is 12.1. The molecule has 1 amide bonds. The second-order valence-corrected chi connectivity index (χ2v) is 4.48. The minimum absolute atomic E-state index is 0.115. The summed E-state index contributed by atoms with van der Waals surface area (Å²) in [6, 6.07) is 4.92. The lowest BCUT2D eigenvalue weighted by Gasteiger charge is -2.23. The SMILES string of the molecule is COCCCN(CCOC)C(=O)c1ccc(N)cc1N. The van der Waals surface area contributed by atoms with Gasteiger partial charge in [-0.1, -0.05) is 0 Å². The number of nitrogens with two attached hydrogens (primary N) is 2. The molecule has 0 aliphatic heterocycles. The second-order valence-electron chi connectivity index (χ2n) is 4.48. The van der Waals surface area contributed by atoms with Crippen LogP contribution in [0, 0.1) is 0 Å². The highest BCUT2D eigenvalue weighted by Crippen LogP contribution is 2.17. The lowest BCUT2D eigenvalue weighted by atomic mass is 10.1. The number of carbonyl (C=O) groups excluding carboxylic acids is 1. The predicted molar refractivity (Wildman–Crippen MR) is 79.5 cm³/mol. The van der Waals surface area contributed by atoms with Gasteiger partial charge in [-0.3, -0.25) is 4.79 Å². The van der Waals surface area contributed by atoms with E-state index in [0.29, 0.717) is 43.2 Å². The summed E-state index contributed by atoms with van der Waals surface area (Å²) in [5, 5.41) is 0. The molecule has 0 radical (unpaired) electrons. The van der Waals surface area contributed by atoms with E-state index in [1.807, 2.05) is 0 Å². The van der Waals surface area contributed by atoms with Gasteiger partial charge in [0.05, 0.1) is 12.2 Å². The molecule has 0 aromatic heterocycles. The topological polar surface area (TPSA) is 90.8 Å². The van der Waals surface area contributed by atoms with Crippen LogP contribution in [0.15, 0.2) is 18.2 Å². The normalized spacial score (nSPS) is 10.5. The lowest BCUT2D eigenvalue weighted by molar-refractivity contribution is 0.0675. The van der Waals surface area contributed by atoms with Crippen molar-refractivity contribution in [1.82, 2.24) is 4.90 Å². The van der Waals surface area contributed by atoms with Gasteiger partial charge in [0.2, 0.25) is 0 Å². The van der Waals surface area contributed by atoms with E-state index in [0.717, 1.165) is 6.42 Å². The van der Waals surface area contributed by atoms with Crippen LogP contribution in [0.3, 0.4) is 0 Å². The molecule has 1 rings (SSSR count). The summed E-state index contributed by atoms with van der Waals surface area (Å²) in [5.41, 5.74) is 12.9. The number of rotatable bonds is 8. The van der Waals surface area contributed by atoms with Gasteiger partial charge in [0.15, 0.2) is 0 Å². The smallest absolute Gasteiger partial charge is 0.256 e. The molecular formula is C14H23N3O3. The molecule has 20 heavy (non-hydrogen) atoms. The fourth-order valence-electron chi connectivity index (χ4n) is 1.86. The van der Waals surface area contributed by atoms with Crippen LogP contribution < -0.4 is 11.5 Å². The van der Waals surface area contributed by atoms with Crippen molar-refractivity contribution >= 4 is 17.3 Å². The van der Waals surface area contributed by atoms with Crippen LogP contribution in [0.5, 0.6) is 0 Å². The molecule has 4 N–H and O–H groups in total. The standard InChI is InChI=1S/C14H23N3O3/c1-19-8-3-6-17(7-9-20-2)14(18)12-5-4-11(15)10-13(12)16/h4-5,10H,3,6-9,15-16H2,1-2H3. The zero-order chi connectivity index (χ0) is 15.0. The van der Waals surface area contributed by atoms with Crippen LogP contribution in [0.2, 0.25) is 0 Å². The first-order valence-electron chi connectivity index (χ1n) is 6.52. The molecule has 0 bridgehead atoms. The maximum atomic E-state index is 12.5. The van der Waals surface area contributed by atoms with Gasteiger partial charge in [-0.05, 0) is 24.6 Å². The van der Waals surface area contributed by atoms with Crippen molar-refractivity contribution in [2.45, 2.75) is 6.42 Å². The van der Waals surface area contributed by atoms with Gasteiger partial charge < -0.3 is 25.8 Å². The van der Waals surface area contributed by atoms with Gasteiger partial charge >= 0.3 is 0 Å². The molecule has 6 nitrogen and oxygen atoms in total. The molecule has 0 unspecified atom stereocenters. The Hall–Kier alpha value is -1.79. The minimum Gasteiger partial charge on any atom is -0.399 e. The molecule has 0 atom stereocenters. The zero-order valence-corrected chi connectivity index (χ0v) is 12.1. The molecule has 0 fully saturated rings. The first-order chi connectivity index (χ1) is 9.60. The Bertz CT molecular complexity index is 438. The summed E-state index contributed by atoms with van der Waals surface area (Å²) in [6.45, 7) is 2.20. The minimum atomic E-state index is -0.115. The fourth-order valence-corrected chi connectivity index (χ4v) is 1.86. The maximum absolute atomic E-state index is 12.5. The third kappa shape index (κ3) is 4.71. The van der Waals surface area contributed by atoms with Crippen molar-refractivity contribution in [3.05, 3.63) is 23.8 Å². The summed E-state index contributed by atoms with van der Waals surface area (Å²) in [7, 11) is 3.24. The van der Waals surface area contributed by atoms with E-state index >= 15 is 0 Å². The van der Waals surface area contributed by atoms with Gasteiger partial charge in [-0.25, -0.2) is 0 Å². The fraction of sp³-hybridized carbons (Fsp3) is 0.500. The summed E-state index contributed by atoms with van der Waals surface area (Å²) < 4.78 is 10.0. The van der Waals surface area contributed by atoms with Crippen molar-refractivity contribution in [2.24, 2.45) is 0 Å². The van der Waals surface area contributed by atoms with E-state index in [1.54, 1.807) is 37.3 Å². The van der Waals surface area contributed by atoms with Crippen LogP contribution in [-0.2, 0) is 9.47 Å². The largest absolute Gasteiger partial charge is 0.399 e.